The lowest BCUT2D eigenvalue weighted by Crippen LogP contribution is -2.05. The van der Waals surface area contributed by atoms with Gasteiger partial charge in [-0.25, -0.2) is 0 Å². The number of ether oxygens (including phenoxy) is 2. The fraction of sp³-hybridized carbons (Fsp3) is 0.875. The SMILES string of the molecule is CCCCCCCC/C=C\CCCCCCCC(=O)O.CCCCCCCC/C=C\CCCCCCCC(=O)O.CCCCCCCCOC(=O)CCCCCCCCCCC(=O)OCCCCCCCC. The van der Waals surface area contributed by atoms with E-state index in [-0.39, 0.29) is 11.9 Å². The Balaban J connectivity index is -0.00000104. The van der Waals surface area contributed by atoms with Gasteiger partial charge in [-0.1, -0.05) is 257 Å². The molecule has 0 aliphatic carbocycles. The molecule has 8 heteroatoms. The molecule has 0 spiro atoms. The fourth-order valence-corrected chi connectivity index (χ4v) is 8.57. The number of allylic oxidation sites excluding steroid dienone is 4. The molecule has 426 valence electrons. The summed E-state index contributed by atoms with van der Waals surface area (Å²) in [4.78, 5) is 44.1. The van der Waals surface area contributed by atoms with Crippen LogP contribution >= 0.6 is 0 Å². The Labute approximate surface area is 447 Å². The molecule has 0 aliphatic heterocycles. The summed E-state index contributed by atoms with van der Waals surface area (Å²) in [6, 6.07) is 0. The van der Waals surface area contributed by atoms with Gasteiger partial charge in [0.1, 0.15) is 0 Å². The normalized spacial score (nSPS) is 11.1. The molecule has 0 aliphatic rings. The lowest BCUT2D eigenvalue weighted by molar-refractivity contribution is -0.144. The van der Waals surface area contributed by atoms with Crippen molar-refractivity contribution in [2.24, 2.45) is 0 Å². The first-order valence-electron chi connectivity index (χ1n) is 31.3. The Morgan fingerprint density at radius 2 is 0.458 bits per heavy atom. The highest BCUT2D eigenvalue weighted by molar-refractivity contribution is 5.69. The van der Waals surface area contributed by atoms with E-state index in [1.807, 2.05) is 0 Å². The zero-order chi connectivity index (χ0) is 53.3. The molecule has 8 nitrogen and oxygen atoms in total. The van der Waals surface area contributed by atoms with Crippen LogP contribution in [0.15, 0.2) is 24.3 Å². The van der Waals surface area contributed by atoms with Gasteiger partial charge in [0, 0.05) is 25.7 Å². The standard InChI is InChI=1S/C28H54O4.2C18H34O2/c1-3-5-7-9-17-21-25-31-27(29)23-19-15-13-11-12-14-16-20-24-28(30)32-26-22-18-10-8-6-4-2;2*1-2-3-4-5-6-7-8-9-10-11-12-13-14-15-16-17-18(19)20/h3-26H2,1-2H3;2*9-10H,2-8,11-17H2,1H3,(H,19,20)/b;2*10-9-. The van der Waals surface area contributed by atoms with Crippen molar-refractivity contribution < 1.29 is 38.9 Å². The Bertz CT molecular complexity index is 1060. The highest BCUT2D eigenvalue weighted by Gasteiger charge is 2.05. The van der Waals surface area contributed by atoms with Gasteiger partial charge in [-0.3, -0.25) is 19.2 Å². The van der Waals surface area contributed by atoms with Crippen molar-refractivity contribution in [3.8, 4) is 0 Å². The van der Waals surface area contributed by atoms with Crippen LogP contribution in [0.2, 0.25) is 0 Å². The molecular formula is C64H122O8. The molecule has 0 aromatic carbocycles. The topological polar surface area (TPSA) is 127 Å². The van der Waals surface area contributed by atoms with Gasteiger partial charge < -0.3 is 19.7 Å². The van der Waals surface area contributed by atoms with E-state index < -0.39 is 11.9 Å². The zero-order valence-corrected chi connectivity index (χ0v) is 48.4. The second-order valence-electron chi connectivity index (χ2n) is 20.8. The number of hydrogen-bond acceptors (Lipinski definition) is 6. The molecule has 2 N–H and O–H groups in total. The Kier molecular flexibility index (Phi) is 69.9. The third-order valence-corrected chi connectivity index (χ3v) is 13.3. The number of aliphatic carboxylic acids is 2. The summed E-state index contributed by atoms with van der Waals surface area (Å²) in [5.74, 6) is -1.38. The first-order chi connectivity index (χ1) is 35.2. The Hall–Kier alpha value is -2.64. The average molecular weight is 1020 g/mol. The lowest BCUT2D eigenvalue weighted by atomic mass is 10.1. The highest BCUT2D eigenvalue weighted by Crippen LogP contribution is 2.14. The van der Waals surface area contributed by atoms with Gasteiger partial charge in [0.05, 0.1) is 13.2 Å². The molecule has 0 atom stereocenters. The van der Waals surface area contributed by atoms with E-state index in [0.29, 0.717) is 38.9 Å². The van der Waals surface area contributed by atoms with E-state index in [2.05, 4.69) is 52.0 Å². The Morgan fingerprint density at radius 3 is 0.694 bits per heavy atom. The predicted molar refractivity (Wildman–Crippen MR) is 309 cm³/mol. The molecule has 0 saturated heterocycles. The van der Waals surface area contributed by atoms with Crippen molar-refractivity contribution in [2.45, 2.75) is 349 Å². The number of rotatable bonds is 55. The molecule has 0 unspecified atom stereocenters. The maximum atomic E-state index is 11.7. The second-order valence-corrected chi connectivity index (χ2v) is 20.8. The molecule has 0 aromatic heterocycles. The molecule has 0 amide bonds. The van der Waals surface area contributed by atoms with Crippen LogP contribution in [0.1, 0.15) is 349 Å². The predicted octanol–water partition coefficient (Wildman–Crippen LogP) is 20.9. The van der Waals surface area contributed by atoms with Crippen LogP contribution in [-0.2, 0) is 28.7 Å². The number of esters is 2. The van der Waals surface area contributed by atoms with Crippen LogP contribution in [0, 0.1) is 0 Å². The summed E-state index contributed by atoms with van der Waals surface area (Å²) in [5, 5.41) is 17.0. The van der Waals surface area contributed by atoms with Gasteiger partial charge in [0.2, 0.25) is 0 Å². The summed E-state index contributed by atoms with van der Waals surface area (Å²) < 4.78 is 10.6. The van der Waals surface area contributed by atoms with Crippen LogP contribution < -0.4 is 0 Å². The molecule has 72 heavy (non-hydrogen) atoms. The molecule has 0 fully saturated rings. The van der Waals surface area contributed by atoms with Crippen molar-refractivity contribution in [3.63, 3.8) is 0 Å². The first-order valence-corrected chi connectivity index (χ1v) is 31.3. The summed E-state index contributed by atoms with van der Waals surface area (Å²) in [6.45, 7) is 10.2. The van der Waals surface area contributed by atoms with Crippen LogP contribution in [0.25, 0.3) is 0 Å². The highest BCUT2D eigenvalue weighted by atomic mass is 16.5. The maximum Gasteiger partial charge on any atom is 0.305 e. The van der Waals surface area contributed by atoms with E-state index in [1.54, 1.807) is 0 Å². The van der Waals surface area contributed by atoms with Crippen LogP contribution in [0.5, 0.6) is 0 Å². The molecule has 0 aromatic rings. The third kappa shape index (κ3) is 76.3. The second kappa shape index (κ2) is 68.4. The van der Waals surface area contributed by atoms with Crippen molar-refractivity contribution in [1.82, 2.24) is 0 Å². The average Bonchev–Trinajstić information content (AvgIpc) is 3.36. The van der Waals surface area contributed by atoms with Crippen molar-refractivity contribution in [3.05, 3.63) is 24.3 Å². The third-order valence-electron chi connectivity index (χ3n) is 13.3. The van der Waals surface area contributed by atoms with Crippen LogP contribution in [-0.4, -0.2) is 47.3 Å². The van der Waals surface area contributed by atoms with Gasteiger partial charge in [0.25, 0.3) is 0 Å². The van der Waals surface area contributed by atoms with Crippen molar-refractivity contribution >= 4 is 23.9 Å². The number of hydrogen-bond donors (Lipinski definition) is 2. The fourth-order valence-electron chi connectivity index (χ4n) is 8.57. The van der Waals surface area contributed by atoms with E-state index in [9.17, 15) is 19.2 Å². The van der Waals surface area contributed by atoms with Gasteiger partial charge in [-0.2, -0.15) is 0 Å². The smallest absolute Gasteiger partial charge is 0.305 e. The molecule has 0 radical (unpaired) electrons. The summed E-state index contributed by atoms with van der Waals surface area (Å²) in [5.41, 5.74) is 0. The number of carbonyl (C=O) groups is 4. The largest absolute Gasteiger partial charge is 0.481 e. The first kappa shape index (κ1) is 73.6. The summed E-state index contributed by atoms with van der Waals surface area (Å²) >= 11 is 0. The van der Waals surface area contributed by atoms with E-state index in [1.165, 1.54) is 231 Å². The quantitative estimate of drug-likeness (QED) is 0.0350. The van der Waals surface area contributed by atoms with Crippen LogP contribution in [0.4, 0.5) is 0 Å². The minimum Gasteiger partial charge on any atom is -0.481 e. The van der Waals surface area contributed by atoms with E-state index >= 15 is 0 Å². The minimum absolute atomic E-state index is 0.0260. The van der Waals surface area contributed by atoms with E-state index in [0.717, 1.165) is 64.2 Å². The molecule has 0 bridgehead atoms. The summed E-state index contributed by atoms with van der Waals surface area (Å²) in [6.07, 6.45) is 67.2. The van der Waals surface area contributed by atoms with Gasteiger partial charge >= 0.3 is 23.9 Å². The number of carboxylic acid groups (broad SMARTS) is 2. The molecule has 0 rings (SSSR count). The van der Waals surface area contributed by atoms with Gasteiger partial charge in [-0.15, -0.1) is 0 Å². The molecular weight excluding hydrogens is 897 g/mol. The molecule has 0 saturated carbocycles. The van der Waals surface area contributed by atoms with Gasteiger partial charge in [-0.05, 0) is 89.9 Å². The number of carbonyl (C=O) groups excluding carboxylic acids is 2. The zero-order valence-electron chi connectivity index (χ0n) is 48.4. The maximum absolute atomic E-state index is 11.7. The molecule has 0 heterocycles. The minimum atomic E-state index is -0.664. The van der Waals surface area contributed by atoms with Crippen molar-refractivity contribution in [1.29, 1.82) is 0 Å². The van der Waals surface area contributed by atoms with E-state index in [4.69, 9.17) is 19.7 Å². The van der Waals surface area contributed by atoms with Crippen molar-refractivity contribution in [2.75, 3.05) is 13.2 Å². The Morgan fingerprint density at radius 1 is 0.264 bits per heavy atom. The lowest BCUT2D eigenvalue weighted by Gasteiger charge is -2.06. The number of carboxylic acids is 2. The van der Waals surface area contributed by atoms with Gasteiger partial charge in [0.15, 0.2) is 0 Å². The van der Waals surface area contributed by atoms with Crippen LogP contribution in [0.3, 0.4) is 0 Å². The summed E-state index contributed by atoms with van der Waals surface area (Å²) in [7, 11) is 0. The monoisotopic (exact) mass is 1020 g/mol. The number of unbranched alkanes of at least 4 members (excludes halogenated alkanes) is 39.